The molecule has 0 heterocycles. The monoisotopic (exact) mass is 189 g/mol. The van der Waals surface area contributed by atoms with Gasteiger partial charge < -0.3 is 9.57 Å². The lowest BCUT2D eigenvalue weighted by atomic mass is 10.2. The molecule has 0 rings (SSSR count). The lowest BCUT2D eigenvalue weighted by molar-refractivity contribution is -0.150. The van der Waals surface area contributed by atoms with Crippen molar-refractivity contribution in [3.05, 3.63) is 0 Å². The second kappa shape index (κ2) is 4.69. The van der Waals surface area contributed by atoms with E-state index < -0.39 is 17.7 Å². The van der Waals surface area contributed by atoms with Gasteiger partial charge in [-0.15, -0.1) is 5.48 Å². The van der Waals surface area contributed by atoms with Gasteiger partial charge in [0.05, 0.1) is 0 Å². The van der Waals surface area contributed by atoms with Crippen LogP contribution in [0.4, 0.5) is 4.79 Å². The third kappa shape index (κ3) is 7.11. The minimum absolute atomic E-state index is 0.204. The van der Waals surface area contributed by atoms with E-state index in [0.717, 1.165) is 0 Å². The minimum atomic E-state index is -0.769. The highest BCUT2D eigenvalue weighted by Gasteiger charge is 2.16. The summed E-state index contributed by atoms with van der Waals surface area (Å²) >= 11 is 0. The first-order chi connectivity index (χ1) is 5.85. The molecule has 1 amide bonds. The number of carbonyl (C=O) groups is 2. The van der Waals surface area contributed by atoms with Crippen molar-refractivity contribution in [3.8, 4) is 0 Å². The van der Waals surface area contributed by atoms with Gasteiger partial charge in [-0.05, 0) is 20.8 Å². The quantitative estimate of drug-likeness (QED) is 0.633. The molecular weight excluding hydrogens is 174 g/mol. The summed E-state index contributed by atoms with van der Waals surface area (Å²) in [5, 5.41) is 0. The Bertz CT molecular complexity index is 195. The molecule has 1 N–H and O–H groups in total. The van der Waals surface area contributed by atoms with Gasteiger partial charge >= 0.3 is 12.1 Å². The lowest BCUT2D eigenvalue weighted by Crippen LogP contribution is -2.33. The molecule has 0 spiro atoms. The van der Waals surface area contributed by atoms with E-state index in [1.807, 2.05) is 5.48 Å². The summed E-state index contributed by atoms with van der Waals surface area (Å²) in [7, 11) is 0. The van der Waals surface area contributed by atoms with Crippen LogP contribution < -0.4 is 5.48 Å². The average molecular weight is 189 g/mol. The maximum atomic E-state index is 10.9. The highest BCUT2D eigenvalue weighted by Crippen LogP contribution is 2.06. The molecule has 0 aromatic carbocycles. The van der Waals surface area contributed by atoms with E-state index in [1.54, 1.807) is 27.7 Å². The molecule has 5 nitrogen and oxygen atoms in total. The Hall–Kier alpha value is -1.26. The third-order valence-corrected chi connectivity index (χ3v) is 0.936. The first-order valence-corrected chi connectivity index (χ1v) is 4.04. The second-order valence-corrected chi connectivity index (χ2v) is 3.43. The first kappa shape index (κ1) is 11.7. The van der Waals surface area contributed by atoms with Gasteiger partial charge in [0, 0.05) is 6.42 Å². The van der Waals surface area contributed by atoms with Gasteiger partial charge in [-0.2, -0.15) is 0 Å². The number of carbonyl (C=O) groups excluding carboxylic acids is 2. The van der Waals surface area contributed by atoms with E-state index >= 15 is 0 Å². The molecule has 13 heavy (non-hydrogen) atoms. The smallest absolute Gasteiger partial charge is 0.441 e. The van der Waals surface area contributed by atoms with Crippen molar-refractivity contribution in [2.45, 2.75) is 39.7 Å². The fourth-order valence-corrected chi connectivity index (χ4v) is 0.470. The van der Waals surface area contributed by atoms with Crippen LogP contribution in [0.15, 0.2) is 0 Å². The molecule has 0 aliphatic rings. The van der Waals surface area contributed by atoms with Gasteiger partial charge in [-0.1, -0.05) is 6.92 Å². The highest BCUT2D eigenvalue weighted by atomic mass is 16.7. The summed E-state index contributed by atoms with van der Waals surface area (Å²) in [5.74, 6) is -0.508. The maximum absolute atomic E-state index is 10.9. The fourth-order valence-electron chi connectivity index (χ4n) is 0.470. The van der Waals surface area contributed by atoms with Crippen LogP contribution in [0.3, 0.4) is 0 Å². The molecule has 0 saturated carbocycles. The Labute approximate surface area is 77.3 Å². The molecule has 0 radical (unpaired) electrons. The van der Waals surface area contributed by atoms with Crippen molar-refractivity contribution in [3.63, 3.8) is 0 Å². The molecule has 76 valence electrons. The summed E-state index contributed by atoms with van der Waals surface area (Å²) in [6.07, 6.45) is -0.565. The number of nitrogens with one attached hydrogen (secondary N) is 1. The van der Waals surface area contributed by atoms with Gasteiger partial charge in [0.1, 0.15) is 5.60 Å². The van der Waals surface area contributed by atoms with Crippen LogP contribution in [0.2, 0.25) is 0 Å². The zero-order valence-electron chi connectivity index (χ0n) is 8.34. The summed E-state index contributed by atoms with van der Waals surface area (Å²) in [6.45, 7) is 6.77. The van der Waals surface area contributed by atoms with E-state index in [1.165, 1.54) is 0 Å². The van der Waals surface area contributed by atoms with Crippen molar-refractivity contribution >= 4 is 12.1 Å². The van der Waals surface area contributed by atoms with Crippen LogP contribution in [0.25, 0.3) is 0 Å². The van der Waals surface area contributed by atoms with Crippen LogP contribution in [0.5, 0.6) is 0 Å². The number of rotatable bonds is 1. The Balaban J connectivity index is 3.71. The number of ether oxygens (including phenoxy) is 1. The standard InChI is InChI=1S/C8H15NO4/c1-5-6(10)13-9-7(11)12-8(2,3)4/h5H2,1-4H3,(H,9,11). The summed E-state index contributed by atoms with van der Waals surface area (Å²) in [6, 6.07) is 0. The van der Waals surface area contributed by atoms with E-state index in [0.29, 0.717) is 0 Å². The molecule has 0 bridgehead atoms. The Morgan fingerprint density at radius 2 is 1.85 bits per heavy atom. The maximum Gasteiger partial charge on any atom is 0.441 e. The number of hydroxylamine groups is 1. The number of amides is 1. The Kier molecular flexibility index (Phi) is 4.23. The summed E-state index contributed by atoms with van der Waals surface area (Å²) in [5.41, 5.74) is 1.28. The third-order valence-electron chi connectivity index (χ3n) is 0.936. The normalized spacial score (nSPS) is 10.5. The molecular formula is C8H15NO4. The largest absolute Gasteiger partial charge is 0.442 e. The second-order valence-electron chi connectivity index (χ2n) is 3.43. The van der Waals surface area contributed by atoms with Crippen molar-refractivity contribution in [1.82, 2.24) is 5.48 Å². The zero-order valence-corrected chi connectivity index (χ0v) is 8.34. The predicted molar refractivity (Wildman–Crippen MR) is 45.8 cm³/mol. The Morgan fingerprint density at radius 3 is 2.23 bits per heavy atom. The zero-order chi connectivity index (χ0) is 10.5. The van der Waals surface area contributed by atoms with E-state index in [4.69, 9.17) is 4.74 Å². The summed E-state index contributed by atoms with van der Waals surface area (Å²) in [4.78, 5) is 25.8. The van der Waals surface area contributed by atoms with Gasteiger partial charge in [0.15, 0.2) is 0 Å². The van der Waals surface area contributed by atoms with E-state index in [9.17, 15) is 9.59 Å². The van der Waals surface area contributed by atoms with Crippen LogP contribution in [-0.4, -0.2) is 17.7 Å². The van der Waals surface area contributed by atoms with Crippen molar-refractivity contribution in [2.24, 2.45) is 0 Å². The van der Waals surface area contributed by atoms with Crippen molar-refractivity contribution < 1.29 is 19.2 Å². The van der Waals surface area contributed by atoms with Crippen LogP contribution in [0.1, 0.15) is 34.1 Å². The first-order valence-electron chi connectivity index (χ1n) is 4.04. The predicted octanol–water partition coefficient (Wildman–Crippen LogP) is 1.38. The van der Waals surface area contributed by atoms with Gasteiger partial charge in [-0.3, -0.25) is 0 Å². The molecule has 0 unspecified atom stereocenters. The summed E-state index contributed by atoms with van der Waals surface area (Å²) < 4.78 is 4.81. The van der Waals surface area contributed by atoms with Crippen LogP contribution in [-0.2, 0) is 14.4 Å². The van der Waals surface area contributed by atoms with Gasteiger partial charge in [0.25, 0.3) is 0 Å². The average Bonchev–Trinajstić information content (AvgIpc) is 1.97. The van der Waals surface area contributed by atoms with Crippen LogP contribution >= 0.6 is 0 Å². The van der Waals surface area contributed by atoms with Crippen molar-refractivity contribution in [2.75, 3.05) is 0 Å². The lowest BCUT2D eigenvalue weighted by Gasteiger charge is -2.18. The van der Waals surface area contributed by atoms with Gasteiger partial charge in [-0.25, -0.2) is 9.59 Å². The molecule has 0 aromatic heterocycles. The topological polar surface area (TPSA) is 64.6 Å². The molecule has 0 fully saturated rings. The molecule has 0 saturated heterocycles. The van der Waals surface area contributed by atoms with Crippen molar-refractivity contribution in [1.29, 1.82) is 0 Å². The highest BCUT2D eigenvalue weighted by molar-refractivity contribution is 5.72. The van der Waals surface area contributed by atoms with Gasteiger partial charge in [0.2, 0.25) is 0 Å². The molecule has 0 aliphatic heterocycles. The SMILES string of the molecule is CCC(=O)ONC(=O)OC(C)(C)C. The Morgan fingerprint density at radius 1 is 1.31 bits per heavy atom. The number of hydrogen-bond acceptors (Lipinski definition) is 4. The molecule has 0 aromatic rings. The molecule has 0 atom stereocenters. The minimum Gasteiger partial charge on any atom is -0.442 e. The van der Waals surface area contributed by atoms with E-state index in [2.05, 4.69) is 4.84 Å². The molecule has 5 heteroatoms. The fraction of sp³-hybridized carbons (Fsp3) is 0.750. The van der Waals surface area contributed by atoms with E-state index in [-0.39, 0.29) is 6.42 Å². The number of hydrogen-bond donors (Lipinski definition) is 1. The van der Waals surface area contributed by atoms with Crippen LogP contribution in [0, 0.1) is 0 Å². The molecule has 0 aliphatic carbocycles.